The molecule has 1 heterocycles. The third-order valence-electron chi connectivity index (χ3n) is 2.89. The van der Waals surface area contributed by atoms with Gasteiger partial charge >= 0.3 is 0 Å². The zero-order valence-electron chi connectivity index (χ0n) is 11.7. The van der Waals surface area contributed by atoms with E-state index in [9.17, 15) is 4.79 Å². The number of benzene rings is 1. The van der Waals surface area contributed by atoms with E-state index < -0.39 is 0 Å². The largest absolute Gasteiger partial charge is 0.342 e. The molecule has 0 aliphatic carbocycles. The van der Waals surface area contributed by atoms with Gasteiger partial charge < -0.3 is 15.6 Å². The van der Waals surface area contributed by atoms with Crippen LogP contribution in [0, 0.1) is 11.8 Å². The fourth-order valence-corrected chi connectivity index (χ4v) is 2.17. The van der Waals surface area contributed by atoms with E-state index in [4.69, 9.17) is 17.3 Å². The average Bonchev–Trinajstić information content (AvgIpc) is 2.87. The number of anilines is 1. The molecule has 0 aliphatic heterocycles. The number of carbonyl (C=O) groups is 1. The maximum absolute atomic E-state index is 12.3. The number of hydrogen-bond acceptors (Lipinski definition) is 2. The predicted molar refractivity (Wildman–Crippen MR) is 85.4 cm³/mol. The smallest absolute Gasteiger partial charge is 0.272 e. The quantitative estimate of drug-likeness (QED) is 0.856. The highest BCUT2D eigenvalue weighted by atomic mass is 35.5. The van der Waals surface area contributed by atoms with Crippen molar-refractivity contribution in [1.29, 1.82) is 0 Å². The molecule has 108 valence electrons. The number of carbonyl (C=O) groups excluding carboxylic acids is 1. The van der Waals surface area contributed by atoms with Gasteiger partial charge in [-0.2, -0.15) is 0 Å². The topological polar surface area (TPSA) is 60.0 Å². The molecule has 3 N–H and O–H groups in total. The molecule has 1 aromatic carbocycles. The van der Waals surface area contributed by atoms with Gasteiger partial charge in [-0.15, -0.1) is 0 Å². The maximum Gasteiger partial charge on any atom is 0.272 e. The number of hydrogen-bond donors (Lipinski definition) is 2. The Bertz CT molecular complexity index is 710. The minimum atomic E-state index is -0.201. The standard InChI is InChI=1S/C16H16ClN3O/c1-2-20-11-13(17)10-15(20)16(21)19-14-7-3-5-12(9-14)6-4-8-18/h3,5,7,9-11H,2,8,18H2,1H3,(H,19,21). The second-order valence-electron chi connectivity index (χ2n) is 4.37. The van der Waals surface area contributed by atoms with Crippen LogP contribution in [0.25, 0.3) is 0 Å². The van der Waals surface area contributed by atoms with Crippen molar-refractivity contribution >= 4 is 23.2 Å². The number of nitrogens with one attached hydrogen (secondary N) is 1. The van der Waals surface area contributed by atoms with Crippen LogP contribution in [0.2, 0.25) is 5.02 Å². The molecule has 0 bridgehead atoms. The minimum Gasteiger partial charge on any atom is -0.342 e. The molecule has 0 unspecified atom stereocenters. The number of nitrogens with two attached hydrogens (primary N) is 1. The van der Waals surface area contributed by atoms with Gasteiger partial charge in [0.05, 0.1) is 11.6 Å². The summed E-state index contributed by atoms with van der Waals surface area (Å²) < 4.78 is 1.80. The lowest BCUT2D eigenvalue weighted by Gasteiger charge is -2.08. The van der Waals surface area contributed by atoms with Gasteiger partial charge in [-0.3, -0.25) is 4.79 Å². The van der Waals surface area contributed by atoms with E-state index in [-0.39, 0.29) is 5.91 Å². The van der Waals surface area contributed by atoms with Gasteiger partial charge in [-0.1, -0.05) is 29.5 Å². The van der Waals surface area contributed by atoms with Gasteiger partial charge in [-0.05, 0) is 31.2 Å². The summed E-state index contributed by atoms with van der Waals surface area (Å²) in [6.07, 6.45) is 1.74. The first kappa shape index (κ1) is 15.2. The van der Waals surface area contributed by atoms with E-state index in [2.05, 4.69) is 17.2 Å². The molecule has 0 fully saturated rings. The highest BCUT2D eigenvalue weighted by Crippen LogP contribution is 2.17. The summed E-state index contributed by atoms with van der Waals surface area (Å²) in [5, 5.41) is 3.39. The van der Waals surface area contributed by atoms with Crippen LogP contribution in [0.5, 0.6) is 0 Å². The van der Waals surface area contributed by atoms with E-state index in [1.165, 1.54) is 0 Å². The summed E-state index contributed by atoms with van der Waals surface area (Å²) >= 11 is 5.94. The Labute approximate surface area is 128 Å². The molecule has 2 aromatic rings. The number of rotatable bonds is 3. The van der Waals surface area contributed by atoms with Crippen LogP contribution < -0.4 is 11.1 Å². The molecule has 5 heteroatoms. The molecule has 0 radical (unpaired) electrons. The first-order valence-corrected chi connectivity index (χ1v) is 6.98. The molecular formula is C16H16ClN3O. The predicted octanol–water partition coefficient (Wildman–Crippen LogP) is 2.72. The van der Waals surface area contributed by atoms with Crippen molar-refractivity contribution in [3.63, 3.8) is 0 Å². The third-order valence-corrected chi connectivity index (χ3v) is 3.10. The lowest BCUT2D eigenvalue weighted by Crippen LogP contribution is -2.16. The van der Waals surface area contributed by atoms with Gasteiger partial charge in [-0.25, -0.2) is 0 Å². The van der Waals surface area contributed by atoms with Crippen LogP contribution in [-0.2, 0) is 6.54 Å². The Morgan fingerprint density at radius 1 is 1.43 bits per heavy atom. The minimum absolute atomic E-state index is 0.201. The Balaban J connectivity index is 2.19. The molecule has 0 saturated carbocycles. The van der Waals surface area contributed by atoms with Crippen LogP contribution in [0.15, 0.2) is 36.5 Å². The molecule has 0 spiro atoms. The number of amides is 1. The molecule has 0 aliphatic rings. The van der Waals surface area contributed by atoms with Crippen molar-refractivity contribution < 1.29 is 4.79 Å². The second-order valence-corrected chi connectivity index (χ2v) is 4.81. The first-order valence-electron chi connectivity index (χ1n) is 6.60. The Kier molecular flexibility index (Phi) is 5.04. The van der Waals surface area contributed by atoms with Gasteiger partial charge in [0.2, 0.25) is 0 Å². The first-order chi connectivity index (χ1) is 10.1. The zero-order valence-corrected chi connectivity index (χ0v) is 12.4. The number of aromatic nitrogens is 1. The van der Waals surface area contributed by atoms with Crippen LogP contribution in [-0.4, -0.2) is 17.0 Å². The highest BCUT2D eigenvalue weighted by molar-refractivity contribution is 6.31. The lowest BCUT2D eigenvalue weighted by atomic mass is 10.2. The van der Waals surface area contributed by atoms with Crippen molar-refractivity contribution in [1.82, 2.24) is 4.57 Å². The summed E-state index contributed by atoms with van der Waals surface area (Å²) in [5.74, 6) is 5.51. The molecule has 1 amide bonds. The third kappa shape index (κ3) is 3.88. The van der Waals surface area contributed by atoms with Crippen LogP contribution in [0.4, 0.5) is 5.69 Å². The van der Waals surface area contributed by atoms with E-state index >= 15 is 0 Å². The van der Waals surface area contributed by atoms with Gasteiger partial charge in [0, 0.05) is 24.0 Å². The normalized spacial score (nSPS) is 9.86. The van der Waals surface area contributed by atoms with Crippen LogP contribution >= 0.6 is 11.6 Å². The van der Waals surface area contributed by atoms with E-state index in [1.54, 1.807) is 22.9 Å². The van der Waals surface area contributed by atoms with Crippen LogP contribution in [0.1, 0.15) is 23.0 Å². The number of nitrogens with zero attached hydrogens (tertiary/aromatic N) is 1. The molecule has 4 nitrogen and oxygen atoms in total. The van der Waals surface area contributed by atoms with Crippen molar-refractivity contribution in [2.24, 2.45) is 5.73 Å². The second kappa shape index (κ2) is 6.98. The summed E-state index contributed by atoms with van der Waals surface area (Å²) in [6.45, 7) is 2.94. The van der Waals surface area contributed by atoms with Crippen molar-refractivity contribution in [2.45, 2.75) is 13.5 Å². The van der Waals surface area contributed by atoms with Crippen molar-refractivity contribution in [2.75, 3.05) is 11.9 Å². The molecule has 21 heavy (non-hydrogen) atoms. The Hall–Kier alpha value is -2.22. The maximum atomic E-state index is 12.3. The molecule has 1 aromatic heterocycles. The van der Waals surface area contributed by atoms with Gasteiger partial charge in [0.15, 0.2) is 0 Å². The summed E-state index contributed by atoms with van der Waals surface area (Å²) in [7, 11) is 0. The van der Waals surface area contributed by atoms with Crippen LogP contribution in [0.3, 0.4) is 0 Å². The summed E-state index contributed by atoms with van der Waals surface area (Å²) in [4.78, 5) is 12.3. The lowest BCUT2D eigenvalue weighted by molar-refractivity contribution is 0.101. The summed E-state index contributed by atoms with van der Waals surface area (Å²) in [6, 6.07) is 8.97. The SMILES string of the molecule is CCn1cc(Cl)cc1C(=O)Nc1cccc(C#CCN)c1. The molecule has 2 rings (SSSR count). The van der Waals surface area contributed by atoms with Crippen molar-refractivity contribution in [3.05, 3.63) is 52.8 Å². The summed E-state index contributed by atoms with van der Waals surface area (Å²) in [5.41, 5.74) is 7.37. The fourth-order valence-electron chi connectivity index (χ4n) is 1.95. The highest BCUT2D eigenvalue weighted by Gasteiger charge is 2.12. The molecule has 0 saturated heterocycles. The van der Waals surface area contributed by atoms with E-state index in [1.807, 2.05) is 25.1 Å². The van der Waals surface area contributed by atoms with Crippen molar-refractivity contribution in [3.8, 4) is 11.8 Å². The molecular weight excluding hydrogens is 286 g/mol. The Morgan fingerprint density at radius 3 is 2.95 bits per heavy atom. The number of aryl methyl sites for hydroxylation is 1. The van der Waals surface area contributed by atoms with E-state index in [0.717, 1.165) is 5.56 Å². The number of halogens is 1. The van der Waals surface area contributed by atoms with E-state index in [0.29, 0.717) is 29.5 Å². The van der Waals surface area contributed by atoms with Gasteiger partial charge in [0.1, 0.15) is 5.69 Å². The molecule has 0 atom stereocenters. The zero-order chi connectivity index (χ0) is 15.2. The Morgan fingerprint density at radius 2 is 2.24 bits per heavy atom. The van der Waals surface area contributed by atoms with Gasteiger partial charge in [0.25, 0.3) is 5.91 Å². The fraction of sp³-hybridized carbons (Fsp3) is 0.188. The average molecular weight is 302 g/mol. The monoisotopic (exact) mass is 301 g/mol.